The van der Waals surface area contributed by atoms with E-state index in [1.165, 1.54) is 6.33 Å². The molecule has 96 valence electrons. The van der Waals surface area contributed by atoms with Crippen LogP contribution >= 0.6 is 0 Å². The van der Waals surface area contributed by atoms with E-state index in [4.69, 9.17) is 14.0 Å². The summed E-state index contributed by atoms with van der Waals surface area (Å²) in [5, 5.41) is 6.81. The van der Waals surface area contributed by atoms with Gasteiger partial charge in [0.05, 0.1) is 32.5 Å². The average molecular weight is 250 g/mol. The van der Waals surface area contributed by atoms with E-state index in [0.29, 0.717) is 24.8 Å². The van der Waals surface area contributed by atoms with Crippen molar-refractivity contribution in [2.75, 3.05) is 14.2 Å². The van der Waals surface area contributed by atoms with Crippen molar-refractivity contribution in [3.63, 3.8) is 0 Å². The number of nitrogens with one attached hydrogen (secondary N) is 1. The zero-order valence-corrected chi connectivity index (χ0v) is 10.2. The molecule has 0 unspecified atom stereocenters. The van der Waals surface area contributed by atoms with Gasteiger partial charge in [-0.1, -0.05) is 5.16 Å². The lowest BCUT2D eigenvalue weighted by Crippen LogP contribution is -2.14. The molecule has 0 amide bonds. The topological polar surface area (TPSA) is 82.3 Å². The Balaban J connectivity index is 2.03. The Labute approximate surface area is 104 Å². The minimum atomic E-state index is 0.493. The Kier molecular flexibility index (Phi) is 4.08. The van der Waals surface area contributed by atoms with Crippen molar-refractivity contribution in [1.82, 2.24) is 20.4 Å². The van der Waals surface area contributed by atoms with Crippen LogP contribution in [0, 0.1) is 0 Å². The Bertz CT molecular complexity index is 465. The Morgan fingerprint density at radius 3 is 2.44 bits per heavy atom. The molecular formula is C11H14N4O3. The fraction of sp³-hybridized carbons (Fsp3) is 0.364. The fourth-order valence-electron chi connectivity index (χ4n) is 1.53. The van der Waals surface area contributed by atoms with Crippen LogP contribution < -0.4 is 14.8 Å². The van der Waals surface area contributed by atoms with Gasteiger partial charge < -0.3 is 19.3 Å². The third-order valence-corrected chi connectivity index (χ3v) is 2.35. The van der Waals surface area contributed by atoms with E-state index in [0.717, 1.165) is 11.3 Å². The summed E-state index contributed by atoms with van der Waals surface area (Å²) in [6.45, 7) is 1.06. The molecule has 0 saturated heterocycles. The quantitative estimate of drug-likeness (QED) is 0.810. The highest BCUT2D eigenvalue weighted by molar-refractivity contribution is 5.34. The first kappa shape index (κ1) is 12.3. The zero-order valence-electron chi connectivity index (χ0n) is 10.2. The fourth-order valence-corrected chi connectivity index (χ4v) is 1.53. The summed E-state index contributed by atoms with van der Waals surface area (Å²) in [4.78, 5) is 8.06. The molecule has 2 aromatic heterocycles. The second kappa shape index (κ2) is 5.97. The van der Waals surface area contributed by atoms with Crippen LogP contribution in [0.15, 0.2) is 23.1 Å². The van der Waals surface area contributed by atoms with Crippen molar-refractivity contribution in [2.24, 2.45) is 0 Å². The highest BCUT2D eigenvalue weighted by Crippen LogP contribution is 2.22. The van der Waals surface area contributed by atoms with E-state index in [1.54, 1.807) is 26.5 Å². The van der Waals surface area contributed by atoms with Crippen LogP contribution in [0.25, 0.3) is 0 Å². The van der Waals surface area contributed by atoms with Gasteiger partial charge in [-0.2, -0.15) is 0 Å². The van der Waals surface area contributed by atoms with Crippen LogP contribution in [0.2, 0.25) is 0 Å². The maximum atomic E-state index is 5.17. The van der Waals surface area contributed by atoms with Gasteiger partial charge in [0.25, 0.3) is 0 Å². The largest absolute Gasteiger partial charge is 0.481 e. The summed E-state index contributed by atoms with van der Waals surface area (Å²) in [5.41, 5.74) is 0.766. The number of rotatable bonds is 6. The molecule has 2 heterocycles. The van der Waals surface area contributed by atoms with E-state index < -0.39 is 0 Å². The average Bonchev–Trinajstić information content (AvgIpc) is 2.92. The van der Waals surface area contributed by atoms with E-state index in [9.17, 15) is 0 Å². The van der Waals surface area contributed by atoms with Gasteiger partial charge in [-0.15, -0.1) is 0 Å². The molecule has 0 spiro atoms. The monoisotopic (exact) mass is 250 g/mol. The van der Waals surface area contributed by atoms with Gasteiger partial charge in [-0.3, -0.25) is 0 Å². The minimum Gasteiger partial charge on any atom is -0.481 e. The molecule has 0 aromatic carbocycles. The summed E-state index contributed by atoms with van der Waals surface area (Å²) >= 11 is 0. The van der Waals surface area contributed by atoms with Crippen molar-refractivity contribution in [2.45, 2.75) is 13.1 Å². The molecule has 0 bridgehead atoms. The molecule has 2 rings (SSSR count). The van der Waals surface area contributed by atoms with Gasteiger partial charge in [0.2, 0.25) is 11.8 Å². The van der Waals surface area contributed by atoms with Crippen LogP contribution in [0.4, 0.5) is 0 Å². The number of methoxy groups -OCH3 is 2. The van der Waals surface area contributed by atoms with Gasteiger partial charge in [0, 0.05) is 12.6 Å². The molecule has 0 aliphatic heterocycles. The molecule has 0 saturated carbocycles. The van der Waals surface area contributed by atoms with Crippen LogP contribution in [-0.2, 0) is 13.1 Å². The molecule has 1 N–H and O–H groups in total. The van der Waals surface area contributed by atoms with Gasteiger partial charge in [0.1, 0.15) is 12.1 Å². The smallest absolute Gasteiger partial charge is 0.224 e. The normalized spacial score (nSPS) is 10.3. The van der Waals surface area contributed by atoms with Crippen LogP contribution in [0.3, 0.4) is 0 Å². The first-order valence-corrected chi connectivity index (χ1v) is 5.37. The zero-order chi connectivity index (χ0) is 12.8. The number of hydrogen-bond acceptors (Lipinski definition) is 7. The molecule has 18 heavy (non-hydrogen) atoms. The van der Waals surface area contributed by atoms with Crippen LogP contribution in [0.1, 0.15) is 11.3 Å². The first-order chi connectivity index (χ1) is 8.85. The molecule has 0 atom stereocenters. The highest BCUT2D eigenvalue weighted by Gasteiger charge is 2.12. The lowest BCUT2D eigenvalue weighted by atomic mass is 10.3. The molecule has 0 aliphatic carbocycles. The summed E-state index contributed by atoms with van der Waals surface area (Å²) in [5.74, 6) is 1.74. The summed E-state index contributed by atoms with van der Waals surface area (Å²) in [6, 6.07) is 1.79. The van der Waals surface area contributed by atoms with Crippen LogP contribution in [-0.4, -0.2) is 29.3 Å². The van der Waals surface area contributed by atoms with Crippen molar-refractivity contribution in [1.29, 1.82) is 0 Å². The molecule has 0 fully saturated rings. The lowest BCUT2D eigenvalue weighted by molar-refractivity contribution is 0.353. The minimum absolute atomic E-state index is 0.493. The van der Waals surface area contributed by atoms with Gasteiger partial charge in [0.15, 0.2) is 0 Å². The summed E-state index contributed by atoms with van der Waals surface area (Å²) < 4.78 is 15.3. The first-order valence-electron chi connectivity index (χ1n) is 5.37. The van der Waals surface area contributed by atoms with Crippen molar-refractivity contribution in [3.8, 4) is 11.8 Å². The summed E-state index contributed by atoms with van der Waals surface area (Å²) in [6.07, 6.45) is 3.00. The lowest BCUT2D eigenvalue weighted by Gasteiger charge is -2.10. The second-order valence-electron chi connectivity index (χ2n) is 3.45. The second-order valence-corrected chi connectivity index (χ2v) is 3.45. The standard InChI is InChI=1S/C11H14N4O3/c1-16-10-9(11(17-2)14-7-13-10)6-12-5-8-3-4-15-18-8/h3-4,7,12H,5-6H2,1-2H3. The van der Waals surface area contributed by atoms with Gasteiger partial charge in [-0.05, 0) is 0 Å². The van der Waals surface area contributed by atoms with E-state index in [2.05, 4.69) is 20.4 Å². The highest BCUT2D eigenvalue weighted by atomic mass is 16.5. The Morgan fingerprint density at radius 2 is 1.89 bits per heavy atom. The predicted octanol–water partition coefficient (Wildman–Crippen LogP) is 0.772. The molecular weight excluding hydrogens is 236 g/mol. The maximum absolute atomic E-state index is 5.17. The number of nitrogens with zero attached hydrogens (tertiary/aromatic N) is 3. The van der Waals surface area contributed by atoms with Gasteiger partial charge >= 0.3 is 0 Å². The van der Waals surface area contributed by atoms with Crippen molar-refractivity contribution in [3.05, 3.63) is 29.9 Å². The number of hydrogen-bond donors (Lipinski definition) is 1. The summed E-state index contributed by atoms with van der Waals surface area (Å²) in [7, 11) is 3.11. The third-order valence-electron chi connectivity index (χ3n) is 2.35. The Morgan fingerprint density at radius 1 is 1.17 bits per heavy atom. The van der Waals surface area contributed by atoms with Crippen molar-refractivity contribution < 1.29 is 14.0 Å². The number of aromatic nitrogens is 3. The third kappa shape index (κ3) is 2.75. The SMILES string of the molecule is COc1ncnc(OC)c1CNCc1ccno1. The number of ether oxygens (including phenoxy) is 2. The molecule has 7 nitrogen and oxygen atoms in total. The van der Waals surface area contributed by atoms with E-state index in [-0.39, 0.29) is 0 Å². The van der Waals surface area contributed by atoms with Crippen molar-refractivity contribution >= 4 is 0 Å². The molecule has 0 radical (unpaired) electrons. The van der Waals surface area contributed by atoms with E-state index in [1.807, 2.05) is 0 Å². The maximum Gasteiger partial charge on any atom is 0.224 e. The molecule has 0 aliphatic rings. The van der Waals surface area contributed by atoms with E-state index >= 15 is 0 Å². The molecule has 7 heteroatoms. The predicted molar refractivity (Wildman–Crippen MR) is 62.2 cm³/mol. The Hall–Kier alpha value is -2.15. The van der Waals surface area contributed by atoms with Crippen LogP contribution in [0.5, 0.6) is 11.8 Å². The molecule has 2 aromatic rings. The van der Waals surface area contributed by atoms with Gasteiger partial charge in [-0.25, -0.2) is 9.97 Å².